The Labute approximate surface area is 90.7 Å². The fourth-order valence-corrected chi connectivity index (χ4v) is 1.63. The Bertz CT molecular complexity index is 436. The predicted octanol–water partition coefficient (Wildman–Crippen LogP) is 2.09. The highest BCUT2D eigenvalue weighted by molar-refractivity contribution is 9.10. The normalized spacial score (nSPS) is 10.4. The molecule has 14 heavy (non-hydrogen) atoms. The quantitative estimate of drug-likeness (QED) is 0.889. The van der Waals surface area contributed by atoms with Gasteiger partial charge in [0.15, 0.2) is 0 Å². The first-order valence-electron chi connectivity index (χ1n) is 4.30. The highest BCUT2D eigenvalue weighted by Crippen LogP contribution is 2.15. The first-order valence-corrected chi connectivity index (χ1v) is 5.09. The molecule has 0 fully saturated rings. The third-order valence-electron chi connectivity index (χ3n) is 2.01. The molecule has 0 unspecified atom stereocenters. The number of aromatic nitrogens is 2. The maximum Gasteiger partial charge on any atom is 0.0690 e. The Morgan fingerprint density at radius 2 is 2.14 bits per heavy atom. The van der Waals surface area contributed by atoms with E-state index in [0.717, 1.165) is 15.7 Å². The van der Waals surface area contributed by atoms with Gasteiger partial charge < -0.3 is 5.73 Å². The number of nitrogens with zero attached hydrogens (tertiary/aromatic N) is 2. The molecule has 4 heteroatoms. The molecule has 0 aliphatic rings. The van der Waals surface area contributed by atoms with Crippen molar-refractivity contribution in [1.82, 2.24) is 9.78 Å². The predicted molar refractivity (Wildman–Crippen MR) is 59.2 cm³/mol. The van der Waals surface area contributed by atoms with Crippen LogP contribution in [0, 0.1) is 0 Å². The lowest BCUT2D eigenvalue weighted by Crippen LogP contribution is -2.04. The first kappa shape index (κ1) is 9.43. The molecule has 2 N–H and O–H groups in total. The summed E-state index contributed by atoms with van der Waals surface area (Å²) in [4.78, 5) is 0. The van der Waals surface area contributed by atoms with Crippen LogP contribution in [0.5, 0.6) is 0 Å². The van der Waals surface area contributed by atoms with Crippen molar-refractivity contribution in [3.8, 4) is 5.69 Å². The van der Waals surface area contributed by atoms with Gasteiger partial charge in [-0.15, -0.1) is 0 Å². The van der Waals surface area contributed by atoms with E-state index < -0.39 is 0 Å². The highest BCUT2D eigenvalue weighted by Gasteiger charge is 2.02. The van der Waals surface area contributed by atoms with E-state index in [2.05, 4.69) is 21.0 Å². The minimum atomic E-state index is 0.521. The average Bonchev–Trinajstić information content (AvgIpc) is 2.65. The molecule has 0 bridgehead atoms. The van der Waals surface area contributed by atoms with Crippen molar-refractivity contribution in [3.63, 3.8) is 0 Å². The second kappa shape index (κ2) is 3.94. The standard InChI is InChI=1S/C10H10BrN3/c11-9-6-13-14(7-9)10-4-2-1-3-8(10)5-12/h1-4,6-7H,5,12H2. The monoisotopic (exact) mass is 251 g/mol. The van der Waals surface area contributed by atoms with Gasteiger partial charge in [-0.1, -0.05) is 18.2 Å². The van der Waals surface area contributed by atoms with E-state index >= 15 is 0 Å². The van der Waals surface area contributed by atoms with Crippen molar-refractivity contribution < 1.29 is 0 Å². The summed E-state index contributed by atoms with van der Waals surface area (Å²) in [7, 11) is 0. The molecule has 2 aromatic rings. The first-order chi connectivity index (χ1) is 6.81. The topological polar surface area (TPSA) is 43.8 Å². The molecule has 0 radical (unpaired) electrons. The molecular weight excluding hydrogens is 242 g/mol. The van der Waals surface area contributed by atoms with Crippen molar-refractivity contribution in [2.24, 2.45) is 5.73 Å². The Balaban J connectivity index is 2.50. The molecule has 72 valence electrons. The molecule has 0 spiro atoms. The van der Waals surface area contributed by atoms with Gasteiger partial charge >= 0.3 is 0 Å². The summed E-state index contributed by atoms with van der Waals surface area (Å²) in [5.74, 6) is 0. The van der Waals surface area contributed by atoms with Crippen molar-refractivity contribution in [2.45, 2.75) is 6.54 Å². The maximum atomic E-state index is 5.64. The third-order valence-corrected chi connectivity index (χ3v) is 2.42. The van der Waals surface area contributed by atoms with Crippen LogP contribution in [0.2, 0.25) is 0 Å². The van der Waals surface area contributed by atoms with Crippen LogP contribution < -0.4 is 5.73 Å². The Kier molecular flexibility index (Phi) is 2.65. The second-order valence-electron chi connectivity index (χ2n) is 2.94. The van der Waals surface area contributed by atoms with Gasteiger partial charge in [-0.25, -0.2) is 4.68 Å². The van der Waals surface area contributed by atoms with E-state index in [0.29, 0.717) is 6.54 Å². The van der Waals surface area contributed by atoms with Crippen molar-refractivity contribution in [1.29, 1.82) is 0 Å². The Hall–Kier alpha value is -1.13. The zero-order chi connectivity index (χ0) is 9.97. The van der Waals surface area contributed by atoms with Gasteiger partial charge in [-0.2, -0.15) is 5.10 Å². The van der Waals surface area contributed by atoms with Crippen LogP contribution in [0.4, 0.5) is 0 Å². The number of halogens is 1. The van der Waals surface area contributed by atoms with Crippen LogP contribution in [0.3, 0.4) is 0 Å². The van der Waals surface area contributed by atoms with Crippen molar-refractivity contribution in [3.05, 3.63) is 46.7 Å². The molecule has 0 aliphatic heterocycles. The maximum absolute atomic E-state index is 5.64. The summed E-state index contributed by atoms with van der Waals surface area (Å²) in [5, 5.41) is 4.21. The van der Waals surface area contributed by atoms with Crippen LogP contribution in [0.25, 0.3) is 5.69 Å². The number of hydrogen-bond acceptors (Lipinski definition) is 2. The van der Waals surface area contributed by atoms with Gasteiger partial charge in [0.25, 0.3) is 0 Å². The Morgan fingerprint density at radius 3 is 2.79 bits per heavy atom. The zero-order valence-corrected chi connectivity index (χ0v) is 9.11. The minimum Gasteiger partial charge on any atom is -0.326 e. The van der Waals surface area contributed by atoms with Crippen molar-refractivity contribution >= 4 is 15.9 Å². The lowest BCUT2D eigenvalue weighted by molar-refractivity contribution is 0.858. The number of nitrogens with two attached hydrogens (primary N) is 1. The minimum absolute atomic E-state index is 0.521. The van der Waals surface area contributed by atoms with Gasteiger partial charge in [0.2, 0.25) is 0 Å². The molecule has 0 atom stereocenters. The molecule has 3 nitrogen and oxygen atoms in total. The van der Waals surface area contributed by atoms with E-state index in [1.165, 1.54) is 0 Å². The van der Waals surface area contributed by atoms with E-state index in [1.807, 2.05) is 35.1 Å². The smallest absolute Gasteiger partial charge is 0.0690 e. The lowest BCUT2D eigenvalue weighted by atomic mass is 10.2. The van der Waals surface area contributed by atoms with Crippen LogP contribution >= 0.6 is 15.9 Å². The summed E-state index contributed by atoms with van der Waals surface area (Å²) in [6.45, 7) is 0.521. The highest BCUT2D eigenvalue weighted by atomic mass is 79.9. The van der Waals surface area contributed by atoms with Crippen LogP contribution in [-0.2, 0) is 6.54 Å². The number of hydrogen-bond donors (Lipinski definition) is 1. The molecule has 1 aromatic carbocycles. The van der Waals surface area contributed by atoms with Gasteiger partial charge in [0.05, 0.1) is 16.4 Å². The van der Waals surface area contributed by atoms with Gasteiger partial charge in [-0.3, -0.25) is 0 Å². The number of para-hydroxylation sites is 1. The molecular formula is C10H10BrN3. The van der Waals surface area contributed by atoms with E-state index in [9.17, 15) is 0 Å². The van der Waals surface area contributed by atoms with Gasteiger partial charge in [0, 0.05) is 12.7 Å². The van der Waals surface area contributed by atoms with Gasteiger partial charge in [0.1, 0.15) is 0 Å². The summed E-state index contributed by atoms with van der Waals surface area (Å²) in [6, 6.07) is 7.96. The van der Waals surface area contributed by atoms with Crippen molar-refractivity contribution in [2.75, 3.05) is 0 Å². The van der Waals surface area contributed by atoms with Crippen LogP contribution in [0.1, 0.15) is 5.56 Å². The average molecular weight is 252 g/mol. The van der Waals surface area contributed by atoms with E-state index in [1.54, 1.807) is 6.20 Å². The second-order valence-corrected chi connectivity index (χ2v) is 3.85. The molecule has 2 rings (SSSR count). The SMILES string of the molecule is NCc1ccccc1-n1cc(Br)cn1. The fraction of sp³-hybridized carbons (Fsp3) is 0.100. The molecule has 1 heterocycles. The number of benzene rings is 1. The van der Waals surface area contributed by atoms with E-state index in [-0.39, 0.29) is 0 Å². The Morgan fingerprint density at radius 1 is 1.36 bits per heavy atom. The summed E-state index contributed by atoms with van der Waals surface area (Å²) in [5.41, 5.74) is 7.76. The molecule has 0 amide bonds. The van der Waals surface area contributed by atoms with Crippen LogP contribution in [-0.4, -0.2) is 9.78 Å². The summed E-state index contributed by atoms with van der Waals surface area (Å²) in [6.07, 6.45) is 3.67. The van der Waals surface area contributed by atoms with Crippen LogP contribution in [0.15, 0.2) is 41.1 Å². The number of rotatable bonds is 2. The zero-order valence-electron chi connectivity index (χ0n) is 7.52. The van der Waals surface area contributed by atoms with E-state index in [4.69, 9.17) is 5.73 Å². The lowest BCUT2D eigenvalue weighted by Gasteiger charge is -2.06. The fourth-order valence-electron chi connectivity index (χ4n) is 1.34. The summed E-state index contributed by atoms with van der Waals surface area (Å²) < 4.78 is 2.77. The largest absolute Gasteiger partial charge is 0.326 e. The summed E-state index contributed by atoms with van der Waals surface area (Å²) >= 11 is 3.36. The molecule has 0 saturated carbocycles. The molecule has 0 saturated heterocycles. The molecule has 1 aromatic heterocycles. The van der Waals surface area contributed by atoms with Gasteiger partial charge in [-0.05, 0) is 27.6 Å². The third kappa shape index (κ3) is 1.71. The molecule has 0 aliphatic carbocycles.